The second-order valence-electron chi connectivity index (χ2n) is 3.98. The second-order valence-corrected chi connectivity index (χ2v) is 9.23. The van der Waals surface area contributed by atoms with Crippen LogP contribution in [0.4, 0.5) is 0 Å². The highest BCUT2D eigenvalue weighted by Crippen LogP contribution is 2.59. The van der Waals surface area contributed by atoms with Crippen molar-refractivity contribution in [3.8, 4) is 0 Å². The van der Waals surface area contributed by atoms with Gasteiger partial charge in [0.05, 0.1) is 0 Å². The zero-order valence-corrected chi connectivity index (χ0v) is 10.6. The Labute approximate surface area is 94.4 Å². The molecule has 0 radical (unpaired) electrons. The van der Waals surface area contributed by atoms with E-state index in [0.717, 1.165) is 5.56 Å². The monoisotopic (exact) mass is 250 g/mol. The third-order valence-electron chi connectivity index (χ3n) is 2.13. The molecule has 0 spiro atoms. The van der Waals surface area contributed by atoms with E-state index in [1.54, 1.807) is 0 Å². The van der Waals surface area contributed by atoms with Crippen LogP contribution in [-0.4, -0.2) is 6.16 Å². The summed E-state index contributed by atoms with van der Waals surface area (Å²) in [6.07, 6.45) is 0.299. The van der Waals surface area contributed by atoms with E-state index in [1.165, 1.54) is 0 Å². The smallest absolute Gasteiger partial charge is 0.254 e. The molecule has 1 nitrogen and oxygen atoms in total. The van der Waals surface area contributed by atoms with Crippen molar-refractivity contribution < 1.29 is 4.57 Å². The van der Waals surface area contributed by atoms with Gasteiger partial charge in [0.1, 0.15) is 0 Å². The number of rotatable bonds is 3. The summed E-state index contributed by atoms with van der Waals surface area (Å²) in [5.41, 5.74) is 0.849. The average molecular weight is 251 g/mol. The first-order valence-electron chi connectivity index (χ1n) is 4.35. The molecule has 1 aromatic carbocycles. The zero-order valence-electron chi connectivity index (χ0n) is 8.21. The van der Waals surface area contributed by atoms with E-state index in [0.29, 0.717) is 6.16 Å². The molecule has 0 aliphatic carbocycles. The van der Waals surface area contributed by atoms with Gasteiger partial charge in [-0.05, 0) is 33.5 Å². The van der Waals surface area contributed by atoms with E-state index in [4.69, 9.17) is 22.5 Å². The normalized spacial score (nSPS) is 12.9. The Morgan fingerprint density at radius 3 is 2.14 bits per heavy atom. The van der Waals surface area contributed by atoms with Crippen LogP contribution in [0.2, 0.25) is 0 Å². The summed E-state index contributed by atoms with van der Waals surface area (Å²) in [5.74, 6) is -3.01. The van der Waals surface area contributed by atoms with Gasteiger partial charge < -0.3 is 0 Å². The Morgan fingerprint density at radius 2 is 1.71 bits per heavy atom. The van der Waals surface area contributed by atoms with Crippen LogP contribution in [0.1, 0.15) is 19.4 Å². The Bertz CT molecular complexity index is 342. The summed E-state index contributed by atoms with van der Waals surface area (Å²) < 4.78 is 11.3. The molecule has 0 aliphatic rings. The van der Waals surface area contributed by atoms with Crippen LogP contribution in [0, 0.1) is 0 Å². The van der Waals surface area contributed by atoms with Gasteiger partial charge >= 0.3 is 0 Å². The van der Waals surface area contributed by atoms with Crippen molar-refractivity contribution in [1.82, 2.24) is 0 Å². The molecule has 1 aromatic rings. The molecule has 0 aromatic heterocycles. The van der Waals surface area contributed by atoms with Gasteiger partial charge in [-0.1, -0.05) is 44.2 Å². The molecule has 0 N–H and O–H groups in total. The number of benzene rings is 1. The number of hydrogen-bond donors (Lipinski definition) is 0. The maximum absolute atomic E-state index is 11.3. The molecule has 4 heteroatoms. The van der Waals surface area contributed by atoms with Crippen molar-refractivity contribution in [2.45, 2.75) is 19.3 Å². The molecule has 0 atom stereocenters. The fourth-order valence-corrected chi connectivity index (χ4v) is 4.34. The van der Waals surface area contributed by atoms with Crippen LogP contribution in [0.5, 0.6) is 0 Å². The van der Waals surface area contributed by atoms with Crippen LogP contribution < -0.4 is 0 Å². The second kappa shape index (κ2) is 4.26. The molecule has 14 heavy (non-hydrogen) atoms. The van der Waals surface area contributed by atoms with Crippen molar-refractivity contribution >= 4 is 28.3 Å². The summed E-state index contributed by atoms with van der Waals surface area (Å²) in [4.78, 5) is 0. The molecule has 0 bridgehead atoms. The van der Waals surface area contributed by atoms with Crippen LogP contribution in [0.15, 0.2) is 30.3 Å². The maximum Gasteiger partial charge on any atom is 0.254 e. The molecule has 0 fully saturated rings. The largest absolute Gasteiger partial charge is 0.289 e. The minimum atomic E-state index is -3.01. The van der Waals surface area contributed by atoms with E-state index in [9.17, 15) is 4.57 Å². The SMILES string of the molecule is CC(C)(CP(=O)(Cl)Cl)c1ccccc1. The van der Waals surface area contributed by atoms with Gasteiger partial charge in [-0.2, -0.15) is 0 Å². The first-order valence-corrected chi connectivity index (χ1v) is 8.05. The average Bonchev–Trinajstić information content (AvgIpc) is 2.01. The van der Waals surface area contributed by atoms with Gasteiger partial charge in [-0.3, -0.25) is 4.57 Å². The van der Waals surface area contributed by atoms with Crippen molar-refractivity contribution in [1.29, 1.82) is 0 Å². The van der Waals surface area contributed by atoms with Crippen LogP contribution in [0.3, 0.4) is 0 Å². The first-order chi connectivity index (χ1) is 6.31. The third kappa shape index (κ3) is 3.65. The molecule has 0 unspecified atom stereocenters. The van der Waals surface area contributed by atoms with Gasteiger partial charge in [0.25, 0.3) is 5.85 Å². The Kier molecular flexibility index (Phi) is 3.69. The van der Waals surface area contributed by atoms with E-state index >= 15 is 0 Å². The first kappa shape index (κ1) is 12.1. The lowest BCUT2D eigenvalue weighted by Gasteiger charge is -2.25. The summed E-state index contributed by atoms with van der Waals surface area (Å²) in [5, 5.41) is 0. The van der Waals surface area contributed by atoms with Crippen molar-refractivity contribution in [3.05, 3.63) is 35.9 Å². The molecular formula is C10H13Cl2OP. The standard InChI is InChI=1S/C10H13Cl2OP/c1-10(2,8-14(11,12)13)9-6-4-3-5-7-9/h3-7H,8H2,1-2H3. The molecule has 0 aliphatic heterocycles. The minimum Gasteiger partial charge on any atom is -0.289 e. The number of hydrogen-bond acceptors (Lipinski definition) is 1. The highest BCUT2D eigenvalue weighted by Gasteiger charge is 2.29. The van der Waals surface area contributed by atoms with E-state index in [-0.39, 0.29) is 5.41 Å². The maximum atomic E-state index is 11.3. The van der Waals surface area contributed by atoms with Gasteiger partial charge in [-0.15, -0.1) is 0 Å². The Morgan fingerprint density at radius 1 is 1.21 bits per heavy atom. The predicted molar refractivity (Wildman–Crippen MR) is 63.6 cm³/mol. The highest BCUT2D eigenvalue weighted by atomic mass is 35.9. The molecule has 0 saturated heterocycles. The molecule has 0 amide bonds. The van der Waals surface area contributed by atoms with Crippen LogP contribution in [-0.2, 0) is 9.98 Å². The van der Waals surface area contributed by atoms with Gasteiger partial charge in [0.2, 0.25) is 0 Å². The topological polar surface area (TPSA) is 17.1 Å². The highest BCUT2D eigenvalue weighted by molar-refractivity contribution is 8.08. The van der Waals surface area contributed by atoms with E-state index in [1.807, 2.05) is 44.2 Å². The zero-order chi connectivity index (χ0) is 10.8. The summed E-state index contributed by atoms with van der Waals surface area (Å²) in [7, 11) is 0. The summed E-state index contributed by atoms with van der Waals surface area (Å²) in [6, 6.07) is 9.82. The van der Waals surface area contributed by atoms with E-state index in [2.05, 4.69) is 0 Å². The van der Waals surface area contributed by atoms with Gasteiger partial charge in [0, 0.05) is 6.16 Å². The predicted octanol–water partition coefficient (Wildman–Crippen LogP) is 4.63. The Balaban J connectivity index is 2.92. The molecule has 1 rings (SSSR count). The minimum absolute atomic E-state index is 0.250. The fourth-order valence-electron chi connectivity index (χ4n) is 1.44. The van der Waals surface area contributed by atoms with Crippen LogP contribution in [0.25, 0.3) is 0 Å². The van der Waals surface area contributed by atoms with Gasteiger partial charge in [0.15, 0.2) is 0 Å². The van der Waals surface area contributed by atoms with Crippen LogP contribution >= 0.6 is 28.3 Å². The van der Waals surface area contributed by atoms with Crippen molar-refractivity contribution in [3.63, 3.8) is 0 Å². The third-order valence-corrected chi connectivity index (χ3v) is 4.01. The lowest BCUT2D eigenvalue weighted by Crippen LogP contribution is -2.20. The molecule has 0 saturated carbocycles. The van der Waals surface area contributed by atoms with Crippen molar-refractivity contribution in [2.75, 3.05) is 6.16 Å². The van der Waals surface area contributed by atoms with Gasteiger partial charge in [-0.25, -0.2) is 0 Å². The fraction of sp³-hybridized carbons (Fsp3) is 0.400. The summed E-state index contributed by atoms with van der Waals surface area (Å²) in [6.45, 7) is 3.97. The lowest BCUT2D eigenvalue weighted by molar-refractivity contribution is 0.558. The van der Waals surface area contributed by atoms with Crippen molar-refractivity contribution in [2.24, 2.45) is 0 Å². The molecule has 78 valence electrons. The van der Waals surface area contributed by atoms with E-state index < -0.39 is 5.85 Å². The quantitative estimate of drug-likeness (QED) is 0.715. The Hall–Kier alpha value is 0.0300. The lowest BCUT2D eigenvalue weighted by atomic mass is 9.87. The summed E-state index contributed by atoms with van der Waals surface area (Å²) >= 11 is 11.2. The molecular weight excluding hydrogens is 238 g/mol. The molecule has 0 heterocycles. The number of halogens is 2.